The molecule has 0 unspecified atom stereocenters. The highest BCUT2D eigenvalue weighted by Crippen LogP contribution is 2.16. The Balaban J connectivity index is 2.15. The van der Waals surface area contributed by atoms with E-state index >= 15 is 0 Å². The van der Waals surface area contributed by atoms with Crippen molar-refractivity contribution in [3.8, 4) is 0 Å². The Morgan fingerprint density at radius 1 is 1.24 bits per heavy atom. The summed E-state index contributed by atoms with van der Waals surface area (Å²) in [5.74, 6) is -0.594. The van der Waals surface area contributed by atoms with Crippen LogP contribution < -0.4 is 5.46 Å². The summed E-state index contributed by atoms with van der Waals surface area (Å²) >= 11 is 1.71. The van der Waals surface area contributed by atoms with Crippen molar-refractivity contribution in [2.24, 2.45) is 0 Å². The van der Waals surface area contributed by atoms with Crippen LogP contribution in [0.2, 0.25) is 0 Å². The smallest absolute Gasteiger partial charge is 0.423 e. The Bertz CT molecular complexity index is 575. The fraction of sp³-hybridized carbons (Fsp3) is 0.333. The third-order valence-electron chi connectivity index (χ3n) is 3.39. The van der Waals surface area contributed by atoms with Gasteiger partial charge in [-0.15, -0.1) is 11.3 Å². The molecule has 0 amide bonds. The number of benzene rings is 1. The van der Waals surface area contributed by atoms with E-state index in [2.05, 4.69) is 24.8 Å². The number of hydrogen-bond donors (Lipinski definition) is 2. The molecule has 0 aliphatic heterocycles. The molecule has 0 aliphatic rings. The Labute approximate surface area is 128 Å². The molecule has 112 valence electrons. The average Bonchev–Trinajstić information content (AvgIpc) is 2.92. The highest BCUT2D eigenvalue weighted by atomic mass is 32.1. The molecular formula is C15H19BFNO2S. The minimum atomic E-state index is -1.78. The highest BCUT2D eigenvalue weighted by molar-refractivity contribution is 7.09. The van der Waals surface area contributed by atoms with Crippen molar-refractivity contribution >= 4 is 23.9 Å². The van der Waals surface area contributed by atoms with Crippen LogP contribution in [0.5, 0.6) is 0 Å². The lowest BCUT2D eigenvalue weighted by Gasteiger charge is -2.26. The van der Waals surface area contributed by atoms with Crippen LogP contribution in [0.1, 0.15) is 24.3 Å². The van der Waals surface area contributed by atoms with Gasteiger partial charge in [0.2, 0.25) is 0 Å². The van der Waals surface area contributed by atoms with E-state index in [1.165, 1.54) is 17.0 Å². The van der Waals surface area contributed by atoms with Crippen molar-refractivity contribution in [1.29, 1.82) is 0 Å². The van der Waals surface area contributed by atoms with E-state index in [1.54, 1.807) is 17.4 Å². The van der Waals surface area contributed by atoms with Crippen molar-refractivity contribution in [3.05, 3.63) is 52.0 Å². The number of halogens is 1. The van der Waals surface area contributed by atoms with Gasteiger partial charge in [-0.1, -0.05) is 18.2 Å². The number of rotatable bonds is 6. The van der Waals surface area contributed by atoms with Crippen LogP contribution in [-0.2, 0) is 13.1 Å². The summed E-state index contributed by atoms with van der Waals surface area (Å²) in [5, 5.41) is 20.4. The maximum atomic E-state index is 13.5. The molecule has 0 atom stereocenters. The Kier molecular flexibility index (Phi) is 5.53. The predicted octanol–water partition coefficient (Wildman–Crippen LogP) is 1.98. The summed E-state index contributed by atoms with van der Waals surface area (Å²) < 4.78 is 13.5. The molecule has 0 saturated carbocycles. The quantitative estimate of drug-likeness (QED) is 0.802. The molecular weight excluding hydrogens is 288 g/mol. The third-order valence-corrected chi connectivity index (χ3v) is 4.25. The van der Waals surface area contributed by atoms with Crippen LogP contribution in [0.15, 0.2) is 35.7 Å². The fourth-order valence-electron chi connectivity index (χ4n) is 2.15. The first-order valence-electron chi connectivity index (χ1n) is 6.88. The molecule has 1 heterocycles. The van der Waals surface area contributed by atoms with E-state index in [1.807, 2.05) is 11.4 Å². The molecule has 21 heavy (non-hydrogen) atoms. The van der Waals surface area contributed by atoms with E-state index in [0.29, 0.717) is 12.6 Å². The molecule has 0 bridgehead atoms. The van der Waals surface area contributed by atoms with Crippen molar-refractivity contribution in [3.63, 3.8) is 0 Å². The summed E-state index contributed by atoms with van der Waals surface area (Å²) in [5.41, 5.74) is 0.789. The van der Waals surface area contributed by atoms with Crippen LogP contribution >= 0.6 is 11.3 Å². The highest BCUT2D eigenvalue weighted by Gasteiger charge is 2.18. The van der Waals surface area contributed by atoms with Gasteiger partial charge in [0.1, 0.15) is 5.82 Å². The maximum absolute atomic E-state index is 13.5. The fourth-order valence-corrected chi connectivity index (χ4v) is 2.88. The van der Waals surface area contributed by atoms with Crippen LogP contribution in [0, 0.1) is 5.82 Å². The second kappa shape index (κ2) is 7.18. The summed E-state index contributed by atoms with van der Waals surface area (Å²) in [6.07, 6.45) is 0. The zero-order chi connectivity index (χ0) is 15.4. The van der Waals surface area contributed by atoms with Gasteiger partial charge < -0.3 is 10.0 Å². The van der Waals surface area contributed by atoms with Gasteiger partial charge in [-0.3, -0.25) is 4.90 Å². The van der Waals surface area contributed by atoms with Crippen LogP contribution in [0.25, 0.3) is 0 Å². The summed E-state index contributed by atoms with van der Waals surface area (Å²) in [6.45, 7) is 5.68. The summed E-state index contributed by atoms with van der Waals surface area (Å²) in [4.78, 5) is 3.53. The van der Waals surface area contributed by atoms with Crippen LogP contribution in [0.3, 0.4) is 0 Å². The molecule has 2 N–H and O–H groups in total. The maximum Gasteiger partial charge on any atom is 0.491 e. The Morgan fingerprint density at radius 3 is 2.57 bits per heavy atom. The number of hydrogen-bond acceptors (Lipinski definition) is 4. The van der Waals surface area contributed by atoms with Crippen molar-refractivity contribution < 1.29 is 14.4 Å². The lowest BCUT2D eigenvalue weighted by atomic mass is 9.79. The SMILES string of the molecule is CC(C)N(Cc1ccc(F)c(B(O)O)c1)Cc1cccs1. The minimum Gasteiger partial charge on any atom is -0.423 e. The van der Waals surface area contributed by atoms with Crippen molar-refractivity contribution in [1.82, 2.24) is 4.90 Å². The lowest BCUT2D eigenvalue weighted by molar-refractivity contribution is 0.205. The van der Waals surface area contributed by atoms with Crippen LogP contribution in [0.4, 0.5) is 4.39 Å². The van der Waals surface area contributed by atoms with E-state index in [4.69, 9.17) is 0 Å². The van der Waals surface area contributed by atoms with Gasteiger partial charge in [0.25, 0.3) is 0 Å². The molecule has 3 nitrogen and oxygen atoms in total. The normalized spacial score (nSPS) is 11.4. The first kappa shape index (κ1) is 16.2. The third kappa shape index (κ3) is 4.38. The second-order valence-corrected chi connectivity index (χ2v) is 6.34. The second-order valence-electron chi connectivity index (χ2n) is 5.31. The van der Waals surface area contributed by atoms with Gasteiger partial charge >= 0.3 is 7.12 Å². The molecule has 2 aromatic rings. The van der Waals surface area contributed by atoms with E-state index in [0.717, 1.165) is 12.1 Å². The van der Waals surface area contributed by atoms with Gasteiger partial charge in [0.05, 0.1) is 0 Å². The summed E-state index contributed by atoms with van der Waals surface area (Å²) in [6, 6.07) is 8.94. The molecule has 1 aromatic heterocycles. The van der Waals surface area contributed by atoms with Gasteiger partial charge in [-0.25, -0.2) is 4.39 Å². The zero-order valence-electron chi connectivity index (χ0n) is 12.2. The van der Waals surface area contributed by atoms with Gasteiger partial charge in [-0.05, 0) is 36.9 Å². The molecule has 0 saturated heterocycles. The largest absolute Gasteiger partial charge is 0.491 e. The zero-order valence-corrected chi connectivity index (χ0v) is 13.0. The monoisotopic (exact) mass is 307 g/mol. The van der Waals surface area contributed by atoms with Gasteiger partial charge in [0, 0.05) is 29.5 Å². The van der Waals surface area contributed by atoms with E-state index in [9.17, 15) is 14.4 Å². The van der Waals surface area contributed by atoms with Gasteiger partial charge in [-0.2, -0.15) is 0 Å². The standard InChI is InChI=1S/C15H19BFNO2S/c1-11(2)18(10-13-4-3-7-21-13)9-12-5-6-15(17)14(8-12)16(19)20/h3-8,11,19-20H,9-10H2,1-2H3. The molecule has 0 aliphatic carbocycles. The minimum absolute atomic E-state index is 0.0765. The molecule has 0 radical (unpaired) electrons. The topological polar surface area (TPSA) is 43.7 Å². The van der Waals surface area contributed by atoms with Gasteiger partial charge in [0.15, 0.2) is 0 Å². The van der Waals surface area contributed by atoms with Crippen molar-refractivity contribution in [2.75, 3.05) is 0 Å². The molecule has 0 fully saturated rings. The predicted molar refractivity (Wildman–Crippen MR) is 84.9 cm³/mol. The number of nitrogens with zero attached hydrogens (tertiary/aromatic N) is 1. The number of thiophene rings is 1. The average molecular weight is 307 g/mol. The van der Waals surface area contributed by atoms with Crippen molar-refractivity contribution in [2.45, 2.75) is 33.0 Å². The van der Waals surface area contributed by atoms with Crippen LogP contribution in [-0.4, -0.2) is 28.1 Å². The first-order valence-corrected chi connectivity index (χ1v) is 7.76. The Hall–Kier alpha value is -1.21. The first-order chi connectivity index (χ1) is 9.97. The molecule has 1 aromatic carbocycles. The lowest BCUT2D eigenvalue weighted by Crippen LogP contribution is -2.34. The molecule has 6 heteroatoms. The summed E-state index contributed by atoms with van der Waals surface area (Å²) in [7, 11) is -1.78. The van der Waals surface area contributed by atoms with E-state index < -0.39 is 12.9 Å². The Morgan fingerprint density at radius 2 is 2.00 bits per heavy atom. The van der Waals surface area contributed by atoms with E-state index in [-0.39, 0.29) is 5.46 Å². The molecule has 0 spiro atoms. The molecule has 2 rings (SSSR count).